The van der Waals surface area contributed by atoms with Crippen LogP contribution in [0.1, 0.15) is 0 Å². The van der Waals surface area contributed by atoms with E-state index in [1.54, 1.807) is 12.5 Å². The van der Waals surface area contributed by atoms with E-state index >= 15 is 0 Å². The van der Waals surface area contributed by atoms with Gasteiger partial charge in [-0.2, -0.15) is 0 Å². The zero-order chi connectivity index (χ0) is 2.12. The molecular weight excluding hydrogens is 148 g/mol. The van der Waals surface area contributed by atoms with Crippen LogP contribution < -0.4 is 0 Å². The average Bonchev–Trinajstić information content (AvgIpc) is 1.46. The molecular formula is C2H2AgO. The number of rotatable bonds is 0. The van der Waals surface area contributed by atoms with Gasteiger partial charge in [0.05, 0.1) is 0 Å². The maximum absolute atomic E-state index is 4.25. The minimum Gasteiger partial charge on any atom is -0.466 e. The number of ether oxygens (including phenoxy) is 1. The minimum atomic E-state index is 0. The van der Waals surface area contributed by atoms with Crippen molar-refractivity contribution >= 4 is 0 Å². The summed E-state index contributed by atoms with van der Waals surface area (Å²) in [5.41, 5.74) is 0. The normalized spacial score (nSPS) is 12.0. The topological polar surface area (TPSA) is 12.5 Å². The van der Waals surface area contributed by atoms with Crippen LogP contribution in [0, 0.1) is 0 Å². The van der Waals surface area contributed by atoms with Crippen LogP contribution in [-0.2, 0) is 27.1 Å². The third kappa shape index (κ3) is 2.28. The van der Waals surface area contributed by atoms with E-state index in [4.69, 9.17) is 0 Å². The Kier molecular flexibility index (Phi) is 1.70. The molecule has 1 rings (SSSR count). The van der Waals surface area contributed by atoms with E-state index in [0.29, 0.717) is 0 Å². The Hall–Kier alpha value is 0.280. The Morgan fingerprint density at radius 1 is 1.25 bits per heavy atom. The van der Waals surface area contributed by atoms with E-state index < -0.39 is 0 Å². The molecule has 0 aromatic heterocycles. The molecule has 0 amide bonds. The molecule has 0 unspecified atom stereocenters. The molecule has 0 saturated carbocycles. The molecule has 0 fully saturated rings. The Morgan fingerprint density at radius 2 is 1.50 bits per heavy atom. The Labute approximate surface area is 40.2 Å². The summed E-state index contributed by atoms with van der Waals surface area (Å²) in [6.07, 6.45) is 3.25. The third-order valence-corrected chi connectivity index (χ3v) is 0.136. The Morgan fingerprint density at radius 3 is 1.50 bits per heavy atom. The molecule has 1 nitrogen and oxygen atoms in total. The number of hydrogen-bond donors (Lipinski definition) is 0. The van der Waals surface area contributed by atoms with Gasteiger partial charge in [-0.1, -0.05) is 0 Å². The van der Waals surface area contributed by atoms with Gasteiger partial charge < -0.3 is 4.74 Å². The summed E-state index contributed by atoms with van der Waals surface area (Å²) < 4.78 is 4.25. The van der Waals surface area contributed by atoms with E-state index in [-0.39, 0.29) is 22.4 Å². The molecule has 4 heavy (non-hydrogen) atoms. The molecule has 1 aliphatic rings. The van der Waals surface area contributed by atoms with Gasteiger partial charge in [0.15, 0.2) is 0 Å². The van der Waals surface area contributed by atoms with E-state index in [2.05, 4.69) is 4.74 Å². The first-order valence-electron chi connectivity index (χ1n) is 0.805. The van der Waals surface area contributed by atoms with E-state index in [9.17, 15) is 0 Å². The predicted molar refractivity (Wildman–Crippen MR) is 10.2 cm³/mol. The van der Waals surface area contributed by atoms with Crippen molar-refractivity contribution in [3.63, 3.8) is 0 Å². The summed E-state index contributed by atoms with van der Waals surface area (Å²) in [5, 5.41) is 0. The largest absolute Gasteiger partial charge is 0.466 e. The average molecular weight is 150 g/mol. The standard InChI is InChI=1S/C2H2O.Ag/c1-2-3-1;/h1-2H;. The Balaban J connectivity index is 0.0000000900. The molecule has 1 radical (unpaired) electrons. The van der Waals surface area contributed by atoms with Gasteiger partial charge in [-0.3, -0.25) is 0 Å². The molecule has 27 valence electrons. The van der Waals surface area contributed by atoms with Gasteiger partial charge in [0.2, 0.25) is 0 Å². The molecule has 0 atom stereocenters. The molecule has 0 aromatic rings. The SMILES string of the molecule is C1=CO1.[Ag]. The summed E-state index contributed by atoms with van der Waals surface area (Å²) in [6, 6.07) is 0. The van der Waals surface area contributed by atoms with Crippen molar-refractivity contribution in [2.24, 2.45) is 0 Å². The molecule has 1 aliphatic heterocycles. The van der Waals surface area contributed by atoms with Crippen molar-refractivity contribution in [1.82, 2.24) is 0 Å². The predicted octanol–water partition coefficient (Wildman–Crippen LogP) is 0.485. The van der Waals surface area contributed by atoms with Crippen LogP contribution >= 0.6 is 0 Å². The smallest absolute Gasteiger partial charge is 0.125 e. The zero-order valence-corrected chi connectivity index (χ0v) is 3.35. The summed E-state index contributed by atoms with van der Waals surface area (Å²) in [5.74, 6) is 0. The maximum Gasteiger partial charge on any atom is 0.125 e. The number of hydrogen-bond acceptors (Lipinski definition) is 1. The minimum absolute atomic E-state index is 0. The first-order chi connectivity index (χ1) is 1.50. The van der Waals surface area contributed by atoms with Gasteiger partial charge in [-0.15, -0.1) is 0 Å². The van der Waals surface area contributed by atoms with Crippen LogP contribution in [0.25, 0.3) is 0 Å². The summed E-state index contributed by atoms with van der Waals surface area (Å²) >= 11 is 0. The molecule has 1 heterocycles. The monoisotopic (exact) mass is 149 g/mol. The van der Waals surface area contributed by atoms with Crippen LogP contribution in [0.2, 0.25) is 0 Å². The molecule has 0 aromatic carbocycles. The van der Waals surface area contributed by atoms with Crippen LogP contribution in [0.4, 0.5) is 0 Å². The fourth-order valence-electron chi connectivity index (χ4n) is 0. The molecule has 0 spiro atoms. The maximum atomic E-state index is 4.25. The van der Waals surface area contributed by atoms with Gasteiger partial charge in [0.1, 0.15) is 12.5 Å². The van der Waals surface area contributed by atoms with Crippen LogP contribution in [0.5, 0.6) is 0 Å². The first-order valence-corrected chi connectivity index (χ1v) is 0.805. The fourth-order valence-corrected chi connectivity index (χ4v) is 0. The second kappa shape index (κ2) is 1.59. The van der Waals surface area contributed by atoms with Crippen LogP contribution in [0.15, 0.2) is 12.5 Å². The van der Waals surface area contributed by atoms with E-state index in [1.807, 2.05) is 0 Å². The third-order valence-electron chi connectivity index (χ3n) is 0.136. The van der Waals surface area contributed by atoms with E-state index in [1.165, 1.54) is 0 Å². The van der Waals surface area contributed by atoms with Gasteiger partial charge in [-0.05, 0) is 0 Å². The van der Waals surface area contributed by atoms with Crippen molar-refractivity contribution in [2.45, 2.75) is 0 Å². The van der Waals surface area contributed by atoms with Gasteiger partial charge in [0, 0.05) is 22.4 Å². The Bertz CT molecular complexity index is 29.0. The quantitative estimate of drug-likeness (QED) is 0.457. The molecule has 0 saturated heterocycles. The fraction of sp³-hybridized carbons (Fsp3) is 0. The summed E-state index contributed by atoms with van der Waals surface area (Å²) in [7, 11) is 0. The van der Waals surface area contributed by atoms with Crippen molar-refractivity contribution in [3.05, 3.63) is 12.5 Å². The van der Waals surface area contributed by atoms with Crippen molar-refractivity contribution < 1.29 is 27.1 Å². The van der Waals surface area contributed by atoms with Crippen LogP contribution in [-0.4, -0.2) is 0 Å². The summed E-state index contributed by atoms with van der Waals surface area (Å²) in [4.78, 5) is 0. The van der Waals surface area contributed by atoms with Crippen molar-refractivity contribution in [3.8, 4) is 0 Å². The first kappa shape index (κ1) is 4.28. The second-order valence-electron chi connectivity index (χ2n) is 0.408. The van der Waals surface area contributed by atoms with Crippen molar-refractivity contribution in [1.29, 1.82) is 0 Å². The zero-order valence-electron chi connectivity index (χ0n) is 1.86. The molecule has 2 heteroatoms. The van der Waals surface area contributed by atoms with Crippen LogP contribution in [0.3, 0.4) is 0 Å². The second-order valence-corrected chi connectivity index (χ2v) is 0.408. The van der Waals surface area contributed by atoms with Crippen molar-refractivity contribution in [2.75, 3.05) is 0 Å². The molecule has 0 N–H and O–H groups in total. The van der Waals surface area contributed by atoms with E-state index in [0.717, 1.165) is 0 Å². The van der Waals surface area contributed by atoms with Gasteiger partial charge in [0.25, 0.3) is 0 Å². The molecule has 0 aliphatic carbocycles. The summed E-state index contributed by atoms with van der Waals surface area (Å²) in [6.45, 7) is 0. The van der Waals surface area contributed by atoms with Gasteiger partial charge in [-0.25, -0.2) is 0 Å². The molecule has 0 bridgehead atoms. The van der Waals surface area contributed by atoms with Gasteiger partial charge >= 0.3 is 0 Å².